The lowest BCUT2D eigenvalue weighted by atomic mass is 10.2. The molecule has 2 heterocycles. The van der Waals surface area contributed by atoms with Gasteiger partial charge in [-0.2, -0.15) is 0 Å². The Labute approximate surface area is 159 Å². The lowest BCUT2D eigenvalue weighted by Gasteiger charge is -2.02. The quantitative estimate of drug-likeness (QED) is 0.254. The van der Waals surface area contributed by atoms with E-state index < -0.39 is 4.92 Å². The highest BCUT2D eigenvalue weighted by atomic mass is 35.5. The van der Waals surface area contributed by atoms with Crippen LogP contribution in [0.25, 0.3) is 15.2 Å². The molecule has 0 unspecified atom stereocenters. The van der Waals surface area contributed by atoms with Crippen molar-refractivity contribution in [1.82, 2.24) is 14.6 Å². The molecule has 10 heteroatoms. The molecule has 0 saturated heterocycles. The molecule has 0 aliphatic carbocycles. The molecule has 0 amide bonds. The molecule has 0 fully saturated rings. The zero-order valence-electron chi connectivity index (χ0n) is 12.3. The van der Waals surface area contributed by atoms with Crippen LogP contribution in [0.5, 0.6) is 0 Å². The lowest BCUT2D eigenvalue weighted by Crippen LogP contribution is -1.90. The average Bonchev–Trinajstić information content (AvgIpc) is 3.14. The molecule has 2 aromatic carbocycles. The number of aromatic nitrogens is 3. The van der Waals surface area contributed by atoms with Crippen molar-refractivity contribution in [3.63, 3.8) is 0 Å². The van der Waals surface area contributed by atoms with E-state index in [1.165, 1.54) is 29.2 Å². The number of hydrogen-bond donors (Lipinski definition) is 0. The Bertz CT molecular complexity index is 1130. The minimum Gasteiger partial charge on any atom is -0.260 e. The molecule has 0 spiro atoms. The topological polar surface area (TPSA) is 73.3 Å². The van der Waals surface area contributed by atoms with E-state index in [0.717, 1.165) is 15.8 Å². The SMILES string of the molecule is O=[N+]([O-])c1ccc2sc3nnc(SCc4ccc(Cl)c(Cl)c4)n3c2c1. The molecular formula is C15H8Cl2N4O2S2. The third-order valence-corrected chi connectivity index (χ3v) is 6.30. The molecule has 0 aliphatic heterocycles. The summed E-state index contributed by atoms with van der Waals surface area (Å²) in [4.78, 5) is 11.3. The minimum atomic E-state index is -0.407. The Hall–Kier alpha value is -1.87. The number of thioether (sulfide) groups is 1. The van der Waals surface area contributed by atoms with Crippen LogP contribution in [0.3, 0.4) is 0 Å². The van der Waals surface area contributed by atoms with E-state index in [2.05, 4.69) is 10.2 Å². The number of hydrogen-bond acceptors (Lipinski definition) is 6. The van der Waals surface area contributed by atoms with Crippen LogP contribution in [-0.4, -0.2) is 19.5 Å². The van der Waals surface area contributed by atoms with Crippen molar-refractivity contribution in [2.45, 2.75) is 10.9 Å². The van der Waals surface area contributed by atoms with Crippen molar-refractivity contribution < 1.29 is 4.92 Å². The fraction of sp³-hybridized carbons (Fsp3) is 0.0667. The highest BCUT2D eigenvalue weighted by Crippen LogP contribution is 2.33. The van der Waals surface area contributed by atoms with Gasteiger partial charge in [-0.3, -0.25) is 14.5 Å². The van der Waals surface area contributed by atoms with Crippen LogP contribution in [0.15, 0.2) is 41.6 Å². The molecule has 0 bridgehead atoms. The largest absolute Gasteiger partial charge is 0.271 e. The number of thiazole rings is 1. The van der Waals surface area contributed by atoms with E-state index in [0.29, 0.717) is 25.9 Å². The summed E-state index contributed by atoms with van der Waals surface area (Å²) in [6, 6.07) is 10.2. The Morgan fingerprint density at radius 3 is 2.76 bits per heavy atom. The number of halogens is 2. The third kappa shape index (κ3) is 3.06. The minimum absolute atomic E-state index is 0.0429. The zero-order valence-corrected chi connectivity index (χ0v) is 15.5. The molecule has 0 N–H and O–H groups in total. The number of benzene rings is 2. The monoisotopic (exact) mass is 410 g/mol. The summed E-state index contributed by atoms with van der Waals surface area (Å²) in [6.07, 6.45) is 0. The molecule has 0 atom stereocenters. The van der Waals surface area contributed by atoms with Gasteiger partial charge in [-0.15, -0.1) is 10.2 Å². The Morgan fingerprint density at radius 2 is 2.00 bits per heavy atom. The molecule has 2 aromatic heterocycles. The van der Waals surface area contributed by atoms with Crippen molar-refractivity contribution in [2.24, 2.45) is 0 Å². The van der Waals surface area contributed by atoms with E-state index in [4.69, 9.17) is 23.2 Å². The van der Waals surface area contributed by atoms with Gasteiger partial charge in [0.05, 0.1) is 25.2 Å². The third-order valence-electron chi connectivity index (χ3n) is 3.55. The second-order valence-electron chi connectivity index (χ2n) is 5.15. The van der Waals surface area contributed by atoms with E-state index in [-0.39, 0.29) is 5.69 Å². The Morgan fingerprint density at radius 1 is 1.16 bits per heavy atom. The van der Waals surface area contributed by atoms with Crippen LogP contribution in [0.4, 0.5) is 5.69 Å². The first-order valence-corrected chi connectivity index (χ1v) is 9.57. The first kappa shape index (κ1) is 16.6. The number of nitro benzene ring substituents is 1. The number of non-ortho nitro benzene ring substituents is 1. The molecular weight excluding hydrogens is 403 g/mol. The van der Waals surface area contributed by atoms with Crippen molar-refractivity contribution in [3.8, 4) is 0 Å². The van der Waals surface area contributed by atoms with Crippen LogP contribution in [0, 0.1) is 10.1 Å². The standard InChI is InChI=1S/C15H8Cl2N4O2S2/c16-10-3-1-8(5-11(10)17)7-24-14-18-19-15-20(14)12-6-9(21(22)23)2-4-13(12)25-15/h1-6H,7H2. The highest BCUT2D eigenvalue weighted by molar-refractivity contribution is 7.98. The summed E-state index contributed by atoms with van der Waals surface area (Å²) in [5.74, 6) is 0.629. The van der Waals surface area contributed by atoms with Gasteiger partial charge in [0.25, 0.3) is 5.69 Å². The second-order valence-corrected chi connectivity index (χ2v) is 7.91. The van der Waals surface area contributed by atoms with Crippen molar-refractivity contribution in [1.29, 1.82) is 0 Å². The molecule has 0 radical (unpaired) electrons. The van der Waals surface area contributed by atoms with Gasteiger partial charge in [-0.25, -0.2) is 0 Å². The maximum absolute atomic E-state index is 11.0. The fourth-order valence-electron chi connectivity index (χ4n) is 2.38. The molecule has 4 aromatic rings. The van der Waals surface area contributed by atoms with E-state index in [9.17, 15) is 10.1 Å². The van der Waals surface area contributed by atoms with E-state index >= 15 is 0 Å². The zero-order chi connectivity index (χ0) is 17.6. The molecule has 126 valence electrons. The van der Waals surface area contributed by atoms with E-state index in [1.54, 1.807) is 18.2 Å². The summed E-state index contributed by atoms with van der Waals surface area (Å²) >= 11 is 14.9. The lowest BCUT2D eigenvalue weighted by molar-refractivity contribution is -0.384. The summed E-state index contributed by atoms with van der Waals surface area (Å²) in [7, 11) is 0. The van der Waals surface area contributed by atoms with Crippen molar-refractivity contribution in [3.05, 3.63) is 62.1 Å². The average molecular weight is 411 g/mol. The smallest absolute Gasteiger partial charge is 0.260 e. The van der Waals surface area contributed by atoms with E-state index in [1.807, 2.05) is 16.5 Å². The molecule has 6 nitrogen and oxygen atoms in total. The van der Waals surface area contributed by atoms with Crippen molar-refractivity contribution in [2.75, 3.05) is 0 Å². The van der Waals surface area contributed by atoms with Gasteiger partial charge >= 0.3 is 0 Å². The van der Waals surface area contributed by atoms with Crippen LogP contribution in [0.2, 0.25) is 10.0 Å². The summed E-state index contributed by atoms with van der Waals surface area (Å²) in [5.41, 5.74) is 1.78. The number of rotatable bonds is 4. The highest BCUT2D eigenvalue weighted by Gasteiger charge is 2.16. The van der Waals surface area contributed by atoms with Gasteiger partial charge in [0.15, 0.2) is 5.16 Å². The fourth-order valence-corrected chi connectivity index (χ4v) is 4.59. The van der Waals surface area contributed by atoms with Crippen LogP contribution in [0.1, 0.15) is 5.56 Å². The van der Waals surface area contributed by atoms with Crippen molar-refractivity contribution >= 4 is 67.2 Å². The van der Waals surface area contributed by atoms with Gasteiger partial charge in [0.1, 0.15) is 0 Å². The van der Waals surface area contributed by atoms with Crippen LogP contribution < -0.4 is 0 Å². The first-order valence-electron chi connectivity index (χ1n) is 7.02. The van der Waals surface area contributed by atoms with Crippen LogP contribution >= 0.6 is 46.3 Å². The van der Waals surface area contributed by atoms with Gasteiger partial charge in [0.2, 0.25) is 4.96 Å². The summed E-state index contributed by atoms with van der Waals surface area (Å²) in [6.45, 7) is 0. The summed E-state index contributed by atoms with van der Waals surface area (Å²) in [5, 5.41) is 21.1. The van der Waals surface area contributed by atoms with Gasteiger partial charge in [-0.05, 0) is 23.8 Å². The molecule has 25 heavy (non-hydrogen) atoms. The van der Waals surface area contributed by atoms with Gasteiger partial charge in [-0.1, -0.05) is 52.4 Å². The molecule has 4 rings (SSSR count). The maximum atomic E-state index is 11.0. The summed E-state index contributed by atoms with van der Waals surface area (Å²) < 4.78 is 2.77. The van der Waals surface area contributed by atoms with Crippen LogP contribution in [-0.2, 0) is 5.75 Å². The normalized spacial score (nSPS) is 11.4. The molecule has 0 saturated carbocycles. The number of nitro groups is 1. The van der Waals surface area contributed by atoms with Gasteiger partial charge in [0, 0.05) is 17.9 Å². The molecule has 0 aliphatic rings. The predicted octanol–water partition coefficient (Wildman–Crippen LogP) is 5.45. The second kappa shape index (κ2) is 6.45. The number of nitrogens with zero attached hydrogens (tertiary/aromatic N) is 4. The number of fused-ring (bicyclic) bond motifs is 3. The van der Waals surface area contributed by atoms with Gasteiger partial charge < -0.3 is 0 Å². The maximum Gasteiger partial charge on any atom is 0.271 e. The Kier molecular flexibility index (Phi) is 4.28. The Balaban J connectivity index is 1.71. The first-order chi connectivity index (χ1) is 12.0. The predicted molar refractivity (Wildman–Crippen MR) is 101 cm³/mol.